The van der Waals surface area contributed by atoms with Gasteiger partial charge >= 0.3 is 11.8 Å². The number of aromatic nitrogens is 3. The molecule has 0 saturated carbocycles. The number of carbonyl (C=O) groups excluding carboxylic acids is 2. The van der Waals surface area contributed by atoms with Crippen LogP contribution in [0.2, 0.25) is 0 Å². The van der Waals surface area contributed by atoms with E-state index in [0.29, 0.717) is 31.3 Å². The van der Waals surface area contributed by atoms with Crippen molar-refractivity contribution in [3.63, 3.8) is 0 Å². The summed E-state index contributed by atoms with van der Waals surface area (Å²) in [6.07, 6.45) is 1.67. The third-order valence-corrected chi connectivity index (χ3v) is 5.60. The topological polar surface area (TPSA) is 109 Å². The van der Waals surface area contributed by atoms with E-state index in [0.717, 1.165) is 24.1 Å². The Kier molecular flexibility index (Phi) is 7.06. The van der Waals surface area contributed by atoms with E-state index >= 15 is 0 Å². The summed E-state index contributed by atoms with van der Waals surface area (Å²) in [5, 5.41) is 9.44. The van der Waals surface area contributed by atoms with Crippen LogP contribution in [0.5, 0.6) is 0 Å². The van der Waals surface area contributed by atoms with E-state index in [1.165, 1.54) is 0 Å². The van der Waals surface area contributed by atoms with Gasteiger partial charge in [-0.25, -0.2) is 19.3 Å². The predicted octanol–water partition coefficient (Wildman–Crippen LogP) is 2.56. The number of ether oxygens (including phenoxy) is 1. The Hall–Kier alpha value is -3.10. The zero-order chi connectivity index (χ0) is 23.5. The number of rotatable bonds is 5. The number of nitrogens with one attached hydrogen (secondary N) is 2. The Bertz CT molecular complexity index is 1010. The summed E-state index contributed by atoms with van der Waals surface area (Å²) >= 11 is 0. The van der Waals surface area contributed by atoms with Gasteiger partial charge in [-0.2, -0.15) is 5.10 Å². The Balaban J connectivity index is 1.57. The number of piperidine rings is 1. The molecule has 32 heavy (non-hydrogen) atoms. The average Bonchev–Trinajstić information content (AvgIpc) is 3.07. The first kappa shape index (κ1) is 23.6. The van der Waals surface area contributed by atoms with Crippen LogP contribution < -0.4 is 11.0 Å². The van der Waals surface area contributed by atoms with Crippen LogP contribution in [0.1, 0.15) is 51.9 Å². The molecule has 9 heteroatoms. The highest BCUT2D eigenvalue weighted by Crippen LogP contribution is 2.23. The molecule has 1 saturated heterocycles. The number of aromatic amines is 1. The standard InChI is InChI=1S/C23H33N5O4/c1-15-8-6-7-9-18(15)28-19(25-26-21(28)30)14-17-10-12-27(13-11-17)20(29)16(2)24-22(31)32-23(3,4)5/h6-9,16-17H,10-14H2,1-5H3,(H,24,31)(H,26,30)/t16-/m1/s1. The maximum Gasteiger partial charge on any atom is 0.408 e. The quantitative estimate of drug-likeness (QED) is 0.738. The molecule has 1 aliphatic rings. The molecule has 2 N–H and O–H groups in total. The van der Waals surface area contributed by atoms with Gasteiger partial charge in [0.1, 0.15) is 17.5 Å². The lowest BCUT2D eigenvalue weighted by Gasteiger charge is -2.33. The minimum atomic E-state index is -0.654. The van der Waals surface area contributed by atoms with Crippen LogP contribution in [0, 0.1) is 12.8 Å². The van der Waals surface area contributed by atoms with E-state index in [2.05, 4.69) is 15.5 Å². The van der Waals surface area contributed by atoms with Gasteiger partial charge in [-0.3, -0.25) is 4.79 Å². The second kappa shape index (κ2) is 9.58. The van der Waals surface area contributed by atoms with E-state index < -0.39 is 17.7 Å². The van der Waals surface area contributed by atoms with Crippen molar-refractivity contribution in [3.8, 4) is 5.69 Å². The molecule has 0 aliphatic carbocycles. The van der Waals surface area contributed by atoms with Crippen LogP contribution in [-0.4, -0.2) is 56.4 Å². The Labute approximate surface area is 188 Å². The van der Waals surface area contributed by atoms with Gasteiger partial charge in [0.2, 0.25) is 5.91 Å². The maximum atomic E-state index is 12.7. The number of carbonyl (C=O) groups is 2. The average molecular weight is 444 g/mol. The zero-order valence-electron chi connectivity index (χ0n) is 19.5. The number of aryl methyl sites for hydroxylation is 1. The summed E-state index contributed by atoms with van der Waals surface area (Å²) in [6, 6.07) is 7.07. The van der Waals surface area contributed by atoms with E-state index in [1.807, 2.05) is 31.2 Å². The molecule has 1 aliphatic heterocycles. The Morgan fingerprint density at radius 2 is 1.91 bits per heavy atom. The van der Waals surface area contributed by atoms with Crippen LogP contribution in [-0.2, 0) is 16.0 Å². The van der Waals surface area contributed by atoms with Gasteiger partial charge in [0.05, 0.1) is 5.69 Å². The summed E-state index contributed by atoms with van der Waals surface area (Å²) in [5.41, 5.74) is 0.973. The minimum absolute atomic E-state index is 0.120. The van der Waals surface area contributed by atoms with Crippen LogP contribution in [0.15, 0.2) is 29.1 Å². The number of H-pyrrole nitrogens is 1. The molecule has 3 rings (SSSR count). The maximum absolute atomic E-state index is 12.7. The SMILES string of the molecule is Cc1ccccc1-n1c(CC2CCN(C(=O)[C@@H](C)NC(=O)OC(C)(C)C)CC2)n[nH]c1=O. The molecule has 0 radical (unpaired) electrons. The molecule has 2 heterocycles. The minimum Gasteiger partial charge on any atom is -0.444 e. The van der Waals surface area contributed by atoms with Crippen molar-refractivity contribution in [2.75, 3.05) is 13.1 Å². The van der Waals surface area contributed by atoms with Crippen molar-refractivity contribution in [3.05, 3.63) is 46.1 Å². The molecule has 0 bridgehead atoms. The fraction of sp³-hybridized carbons (Fsp3) is 0.565. The first-order valence-electron chi connectivity index (χ1n) is 11.1. The molecule has 1 aromatic heterocycles. The van der Waals surface area contributed by atoms with E-state index in [4.69, 9.17) is 4.74 Å². The second-order valence-corrected chi connectivity index (χ2v) is 9.41. The molecule has 9 nitrogen and oxygen atoms in total. The molecule has 2 aromatic rings. The lowest BCUT2D eigenvalue weighted by atomic mass is 9.93. The van der Waals surface area contributed by atoms with Crippen molar-refractivity contribution in [1.29, 1.82) is 0 Å². The van der Waals surface area contributed by atoms with Gasteiger partial charge in [-0.05, 0) is 65.0 Å². The highest BCUT2D eigenvalue weighted by molar-refractivity contribution is 5.85. The summed E-state index contributed by atoms with van der Waals surface area (Å²) in [7, 11) is 0. The number of para-hydroxylation sites is 1. The number of benzene rings is 1. The van der Waals surface area contributed by atoms with Gasteiger partial charge in [0.25, 0.3) is 0 Å². The number of nitrogens with zero attached hydrogens (tertiary/aromatic N) is 3. The molecular weight excluding hydrogens is 410 g/mol. The fourth-order valence-electron chi connectivity index (χ4n) is 3.96. The third-order valence-electron chi connectivity index (χ3n) is 5.60. The van der Waals surface area contributed by atoms with Crippen LogP contribution in [0.3, 0.4) is 0 Å². The second-order valence-electron chi connectivity index (χ2n) is 9.41. The first-order valence-corrected chi connectivity index (χ1v) is 11.1. The number of hydrogen-bond donors (Lipinski definition) is 2. The summed E-state index contributed by atoms with van der Waals surface area (Å²) in [4.78, 5) is 38.8. The van der Waals surface area contributed by atoms with Gasteiger partial charge in [0, 0.05) is 19.5 Å². The molecule has 2 amide bonds. The fourth-order valence-corrected chi connectivity index (χ4v) is 3.96. The molecule has 0 spiro atoms. The summed E-state index contributed by atoms with van der Waals surface area (Å²) in [6.45, 7) is 10.2. The lowest BCUT2D eigenvalue weighted by Crippen LogP contribution is -2.50. The number of amides is 2. The largest absolute Gasteiger partial charge is 0.444 e. The van der Waals surface area contributed by atoms with Crippen molar-refractivity contribution in [1.82, 2.24) is 25.0 Å². The van der Waals surface area contributed by atoms with E-state index in [-0.39, 0.29) is 11.6 Å². The number of hydrogen-bond acceptors (Lipinski definition) is 5. The Morgan fingerprint density at radius 1 is 1.25 bits per heavy atom. The van der Waals surface area contributed by atoms with Crippen LogP contribution >= 0.6 is 0 Å². The monoisotopic (exact) mass is 443 g/mol. The van der Waals surface area contributed by atoms with Gasteiger partial charge < -0.3 is 15.0 Å². The first-order chi connectivity index (χ1) is 15.0. The van der Waals surface area contributed by atoms with Crippen LogP contribution in [0.4, 0.5) is 4.79 Å². The lowest BCUT2D eigenvalue weighted by molar-refractivity contribution is -0.134. The predicted molar refractivity (Wildman–Crippen MR) is 121 cm³/mol. The molecule has 1 atom stereocenters. The number of alkyl carbamates (subject to hydrolysis) is 1. The van der Waals surface area contributed by atoms with Crippen molar-refractivity contribution < 1.29 is 14.3 Å². The zero-order valence-corrected chi connectivity index (χ0v) is 19.5. The van der Waals surface area contributed by atoms with Crippen molar-refractivity contribution >= 4 is 12.0 Å². The van der Waals surface area contributed by atoms with Crippen LogP contribution in [0.25, 0.3) is 5.69 Å². The molecular formula is C23H33N5O4. The molecule has 174 valence electrons. The van der Waals surface area contributed by atoms with Gasteiger partial charge in [-0.15, -0.1) is 0 Å². The van der Waals surface area contributed by atoms with E-state index in [9.17, 15) is 14.4 Å². The molecule has 1 fully saturated rings. The molecule has 0 unspecified atom stereocenters. The Morgan fingerprint density at radius 3 is 2.53 bits per heavy atom. The van der Waals surface area contributed by atoms with Gasteiger partial charge in [-0.1, -0.05) is 18.2 Å². The highest BCUT2D eigenvalue weighted by atomic mass is 16.6. The number of likely N-dealkylation sites (tertiary alicyclic amines) is 1. The smallest absolute Gasteiger partial charge is 0.408 e. The van der Waals surface area contributed by atoms with Crippen molar-refractivity contribution in [2.24, 2.45) is 5.92 Å². The normalized spacial score (nSPS) is 16.0. The highest BCUT2D eigenvalue weighted by Gasteiger charge is 2.29. The third kappa shape index (κ3) is 5.77. The van der Waals surface area contributed by atoms with Gasteiger partial charge in [0.15, 0.2) is 0 Å². The molecule has 1 aromatic carbocycles. The summed E-state index contributed by atoms with van der Waals surface area (Å²) in [5.74, 6) is 0.895. The van der Waals surface area contributed by atoms with Crippen molar-refractivity contribution in [2.45, 2.75) is 65.5 Å². The van der Waals surface area contributed by atoms with E-state index in [1.54, 1.807) is 37.2 Å². The summed E-state index contributed by atoms with van der Waals surface area (Å²) < 4.78 is 6.87.